The van der Waals surface area contributed by atoms with E-state index in [1.165, 1.54) is 4.90 Å². The van der Waals surface area contributed by atoms with Crippen LogP contribution in [0.15, 0.2) is 41.1 Å². The maximum absolute atomic E-state index is 10.6. The molecule has 1 atom stereocenters. The molecule has 0 aromatic heterocycles. The van der Waals surface area contributed by atoms with E-state index in [0.29, 0.717) is 6.54 Å². The molecule has 0 aromatic rings. The van der Waals surface area contributed by atoms with Crippen LogP contribution in [-0.2, 0) is 0 Å². The van der Waals surface area contributed by atoms with Crippen molar-refractivity contribution in [1.82, 2.24) is 4.90 Å². The van der Waals surface area contributed by atoms with Crippen molar-refractivity contribution < 1.29 is 9.90 Å². The number of hydrogen-bond acceptors (Lipinski definition) is 2. The highest BCUT2D eigenvalue weighted by Crippen LogP contribution is 2.18. The van der Waals surface area contributed by atoms with E-state index >= 15 is 0 Å². The van der Waals surface area contributed by atoms with Gasteiger partial charge in [-0.2, -0.15) is 0 Å². The summed E-state index contributed by atoms with van der Waals surface area (Å²) in [6, 6.07) is 0.155. The zero-order chi connectivity index (χ0) is 10.7. The van der Waals surface area contributed by atoms with Crippen LogP contribution in [0.4, 0.5) is 4.79 Å². The summed E-state index contributed by atoms with van der Waals surface area (Å²) < 4.78 is 0. The Bertz CT molecular complexity index is 380. The maximum Gasteiger partial charge on any atom is 0.411 e. The SMILES string of the molecule is O=C(O)N1C=CC(C2CC=CC=N2)=CC1. The predicted octanol–water partition coefficient (Wildman–Crippen LogP) is 1.82. The van der Waals surface area contributed by atoms with E-state index in [1.54, 1.807) is 12.4 Å². The Morgan fingerprint density at radius 2 is 2.47 bits per heavy atom. The number of amides is 1. The van der Waals surface area contributed by atoms with Crippen molar-refractivity contribution in [2.75, 3.05) is 6.54 Å². The van der Waals surface area contributed by atoms with E-state index in [2.05, 4.69) is 11.1 Å². The summed E-state index contributed by atoms with van der Waals surface area (Å²) in [6.07, 6.45) is 11.1. The number of carboxylic acid groups (broad SMARTS) is 1. The summed E-state index contributed by atoms with van der Waals surface area (Å²) in [4.78, 5) is 16.2. The lowest BCUT2D eigenvalue weighted by molar-refractivity contribution is 0.166. The average Bonchev–Trinajstić information content (AvgIpc) is 2.30. The van der Waals surface area contributed by atoms with E-state index in [9.17, 15) is 4.79 Å². The monoisotopic (exact) mass is 204 g/mol. The van der Waals surface area contributed by atoms with Crippen LogP contribution in [-0.4, -0.2) is 34.9 Å². The van der Waals surface area contributed by atoms with Gasteiger partial charge in [0, 0.05) is 19.0 Å². The fourth-order valence-corrected chi connectivity index (χ4v) is 1.60. The van der Waals surface area contributed by atoms with Crippen LogP contribution in [0.3, 0.4) is 0 Å². The van der Waals surface area contributed by atoms with Crippen molar-refractivity contribution in [3.8, 4) is 0 Å². The van der Waals surface area contributed by atoms with Gasteiger partial charge in [-0.3, -0.25) is 9.89 Å². The first-order chi connectivity index (χ1) is 7.27. The molecule has 2 aliphatic rings. The quantitative estimate of drug-likeness (QED) is 0.708. The lowest BCUT2D eigenvalue weighted by Gasteiger charge is -2.21. The molecule has 0 radical (unpaired) electrons. The highest BCUT2D eigenvalue weighted by atomic mass is 16.4. The van der Waals surface area contributed by atoms with Gasteiger partial charge in [-0.05, 0) is 24.1 Å². The highest BCUT2D eigenvalue weighted by molar-refractivity contribution is 5.73. The fourth-order valence-electron chi connectivity index (χ4n) is 1.60. The topological polar surface area (TPSA) is 52.9 Å². The van der Waals surface area contributed by atoms with Crippen molar-refractivity contribution in [3.05, 3.63) is 36.1 Å². The van der Waals surface area contributed by atoms with Crippen LogP contribution in [0, 0.1) is 0 Å². The lowest BCUT2D eigenvalue weighted by atomic mass is 10.0. The maximum atomic E-state index is 10.6. The Balaban J connectivity index is 2.03. The summed E-state index contributed by atoms with van der Waals surface area (Å²) >= 11 is 0. The Morgan fingerprint density at radius 3 is 3.00 bits per heavy atom. The zero-order valence-corrected chi connectivity index (χ0v) is 8.21. The molecule has 0 saturated carbocycles. The first-order valence-corrected chi connectivity index (χ1v) is 4.83. The Hall–Kier alpha value is -1.84. The minimum absolute atomic E-state index is 0.155. The molecule has 2 aliphatic heterocycles. The van der Waals surface area contributed by atoms with E-state index in [1.807, 2.05) is 18.2 Å². The van der Waals surface area contributed by atoms with Gasteiger partial charge in [-0.1, -0.05) is 12.2 Å². The molecule has 0 saturated heterocycles. The van der Waals surface area contributed by atoms with E-state index in [0.717, 1.165) is 12.0 Å². The van der Waals surface area contributed by atoms with Crippen LogP contribution < -0.4 is 0 Å². The molecule has 1 N–H and O–H groups in total. The number of hydrogen-bond donors (Lipinski definition) is 1. The van der Waals surface area contributed by atoms with Crippen molar-refractivity contribution in [1.29, 1.82) is 0 Å². The number of allylic oxidation sites excluding steroid dienone is 1. The molecule has 0 spiro atoms. The molecule has 0 bridgehead atoms. The average molecular weight is 204 g/mol. The molecule has 0 aromatic carbocycles. The van der Waals surface area contributed by atoms with E-state index in [4.69, 9.17) is 5.11 Å². The van der Waals surface area contributed by atoms with Gasteiger partial charge in [0.15, 0.2) is 0 Å². The molecule has 0 fully saturated rings. The van der Waals surface area contributed by atoms with E-state index < -0.39 is 6.09 Å². The molecule has 0 aliphatic carbocycles. The first kappa shape index (κ1) is 9.71. The minimum atomic E-state index is -0.923. The van der Waals surface area contributed by atoms with Crippen molar-refractivity contribution in [2.24, 2.45) is 4.99 Å². The Labute approximate surface area is 87.9 Å². The Morgan fingerprint density at radius 1 is 1.60 bits per heavy atom. The van der Waals surface area contributed by atoms with Crippen molar-refractivity contribution in [2.45, 2.75) is 12.5 Å². The predicted molar refractivity (Wildman–Crippen MR) is 58.0 cm³/mol. The summed E-state index contributed by atoms with van der Waals surface area (Å²) in [5.41, 5.74) is 1.09. The second-order valence-corrected chi connectivity index (χ2v) is 3.43. The minimum Gasteiger partial charge on any atom is -0.465 e. The van der Waals surface area contributed by atoms with Gasteiger partial charge in [-0.15, -0.1) is 0 Å². The standard InChI is InChI=1S/C11H12N2O2/c14-11(15)13-7-4-9(5-8-13)10-3-1-2-6-12-10/h1-2,4-7,10H,3,8H2,(H,14,15). The third-order valence-electron chi connectivity index (χ3n) is 2.45. The summed E-state index contributed by atoms with van der Waals surface area (Å²) in [7, 11) is 0. The summed E-state index contributed by atoms with van der Waals surface area (Å²) in [5, 5.41) is 8.74. The number of nitrogens with zero attached hydrogens (tertiary/aromatic N) is 2. The molecular weight excluding hydrogens is 192 g/mol. The molecular formula is C11H12N2O2. The van der Waals surface area contributed by atoms with Gasteiger partial charge >= 0.3 is 6.09 Å². The van der Waals surface area contributed by atoms with Crippen molar-refractivity contribution >= 4 is 12.3 Å². The molecule has 1 amide bonds. The number of dihydropyridines is 1. The summed E-state index contributed by atoms with van der Waals surface area (Å²) in [5.74, 6) is 0. The number of rotatable bonds is 1. The Kier molecular flexibility index (Phi) is 2.67. The van der Waals surface area contributed by atoms with Crippen LogP contribution in [0.5, 0.6) is 0 Å². The van der Waals surface area contributed by atoms with Gasteiger partial charge in [0.25, 0.3) is 0 Å². The fraction of sp³-hybridized carbons (Fsp3) is 0.273. The second-order valence-electron chi connectivity index (χ2n) is 3.43. The van der Waals surface area contributed by atoms with Gasteiger partial charge < -0.3 is 5.11 Å². The van der Waals surface area contributed by atoms with Crippen LogP contribution in [0.1, 0.15) is 6.42 Å². The smallest absolute Gasteiger partial charge is 0.411 e. The third-order valence-corrected chi connectivity index (χ3v) is 2.45. The molecule has 78 valence electrons. The van der Waals surface area contributed by atoms with E-state index in [-0.39, 0.29) is 6.04 Å². The van der Waals surface area contributed by atoms with Gasteiger partial charge in [0.1, 0.15) is 0 Å². The molecule has 2 rings (SSSR count). The van der Waals surface area contributed by atoms with Gasteiger partial charge in [0.2, 0.25) is 0 Å². The molecule has 2 heterocycles. The molecule has 1 unspecified atom stereocenters. The number of aliphatic imine (C=N–C) groups is 1. The molecule has 4 heteroatoms. The van der Waals surface area contributed by atoms with Gasteiger partial charge in [0.05, 0.1) is 6.04 Å². The number of carbonyl (C=O) groups is 1. The van der Waals surface area contributed by atoms with Crippen LogP contribution >= 0.6 is 0 Å². The lowest BCUT2D eigenvalue weighted by Crippen LogP contribution is -2.27. The third kappa shape index (κ3) is 2.15. The summed E-state index contributed by atoms with van der Waals surface area (Å²) in [6.45, 7) is 0.414. The molecule has 4 nitrogen and oxygen atoms in total. The zero-order valence-electron chi connectivity index (χ0n) is 8.21. The second kappa shape index (κ2) is 4.13. The van der Waals surface area contributed by atoms with Gasteiger partial charge in [-0.25, -0.2) is 4.79 Å². The normalized spacial score (nSPS) is 24.1. The highest BCUT2D eigenvalue weighted by Gasteiger charge is 2.16. The largest absolute Gasteiger partial charge is 0.465 e. The van der Waals surface area contributed by atoms with Crippen LogP contribution in [0.25, 0.3) is 0 Å². The van der Waals surface area contributed by atoms with Crippen LogP contribution in [0.2, 0.25) is 0 Å². The molecule has 15 heavy (non-hydrogen) atoms. The van der Waals surface area contributed by atoms with Crippen molar-refractivity contribution in [3.63, 3.8) is 0 Å². The first-order valence-electron chi connectivity index (χ1n) is 4.83.